The summed E-state index contributed by atoms with van der Waals surface area (Å²) in [4.78, 5) is 13.7. The van der Waals surface area contributed by atoms with E-state index in [1.807, 2.05) is 24.1 Å². The predicted octanol–water partition coefficient (Wildman–Crippen LogP) is 4.98. The standard InChI is InChI=1S/C18H14BrClFNO2/c1-22(10-14-15(20)3-2-4-16(14)21)9-11-7-18(23)24-17-8-12(19)5-6-13(11)17/h2-8H,9-10H2,1H3. The van der Waals surface area contributed by atoms with E-state index in [1.54, 1.807) is 18.2 Å². The third-order valence-electron chi connectivity index (χ3n) is 3.72. The quantitative estimate of drug-likeness (QED) is 0.569. The van der Waals surface area contributed by atoms with Gasteiger partial charge in [0.05, 0.1) is 0 Å². The Morgan fingerprint density at radius 1 is 1.21 bits per heavy atom. The van der Waals surface area contributed by atoms with Gasteiger partial charge in [0, 0.05) is 39.6 Å². The molecule has 0 radical (unpaired) electrons. The molecule has 3 rings (SSSR count). The highest BCUT2D eigenvalue weighted by atomic mass is 79.9. The topological polar surface area (TPSA) is 33.5 Å². The molecule has 3 aromatic rings. The highest BCUT2D eigenvalue weighted by molar-refractivity contribution is 9.10. The Bertz CT molecular complexity index is 937. The van der Waals surface area contributed by atoms with Crippen LogP contribution in [0.25, 0.3) is 11.0 Å². The van der Waals surface area contributed by atoms with Crippen LogP contribution in [-0.4, -0.2) is 11.9 Å². The SMILES string of the molecule is CN(Cc1c(F)cccc1Cl)Cc1cc(=O)oc2cc(Br)ccc12. The molecule has 24 heavy (non-hydrogen) atoms. The van der Waals surface area contributed by atoms with E-state index in [0.717, 1.165) is 15.4 Å². The van der Waals surface area contributed by atoms with Crippen LogP contribution in [-0.2, 0) is 13.1 Å². The van der Waals surface area contributed by atoms with Gasteiger partial charge < -0.3 is 4.42 Å². The van der Waals surface area contributed by atoms with Gasteiger partial charge in [0.1, 0.15) is 11.4 Å². The molecule has 6 heteroatoms. The molecule has 3 nitrogen and oxygen atoms in total. The lowest BCUT2D eigenvalue weighted by Gasteiger charge is -2.18. The molecule has 0 aliphatic rings. The van der Waals surface area contributed by atoms with Gasteiger partial charge in [-0.25, -0.2) is 9.18 Å². The second kappa shape index (κ2) is 7.05. The van der Waals surface area contributed by atoms with Crippen LogP contribution in [0.15, 0.2) is 56.1 Å². The van der Waals surface area contributed by atoms with Crippen LogP contribution in [0.2, 0.25) is 5.02 Å². The van der Waals surface area contributed by atoms with Crippen molar-refractivity contribution in [2.45, 2.75) is 13.1 Å². The minimum absolute atomic E-state index is 0.337. The van der Waals surface area contributed by atoms with Gasteiger partial charge in [0.25, 0.3) is 0 Å². The van der Waals surface area contributed by atoms with Gasteiger partial charge in [-0.1, -0.05) is 33.6 Å². The van der Waals surface area contributed by atoms with Crippen molar-refractivity contribution in [3.05, 3.63) is 79.3 Å². The van der Waals surface area contributed by atoms with Gasteiger partial charge in [-0.2, -0.15) is 0 Å². The summed E-state index contributed by atoms with van der Waals surface area (Å²) in [6.45, 7) is 0.804. The zero-order valence-electron chi connectivity index (χ0n) is 12.9. The Hall–Kier alpha value is -1.69. The fourth-order valence-electron chi connectivity index (χ4n) is 2.63. The molecule has 0 fully saturated rings. The Balaban J connectivity index is 1.91. The van der Waals surface area contributed by atoms with Crippen molar-refractivity contribution in [2.75, 3.05) is 7.05 Å². The van der Waals surface area contributed by atoms with Gasteiger partial charge in [0.15, 0.2) is 0 Å². The zero-order valence-corrected chi connectivity index (χ0v) is 15.2. The molecule has 1 aromatic heterocycles. The van der Waals surface area contributed by atoms with Crippen molar-refractivity contribution in [3.63, 3.8) is 0 Å². The summed E-state index contributed by atoms with van der Waals surface area (Å²) in [5.41, 5.74) is 1.37. The van der Waals surface area contributed by atoms with Crippen LogP contribution in [0.1, 0.15) is 11.1 Å². The molecule has 0 bridgehead atoms. The second-order valence-corrected chi connectivity index (χ2v) is 6.93. The van der Waals surface area contributed by atoms with Crippen molar-refractivity contribution in [1.29, 1.82) is 0 Å². The zero-order chi connectivity index (χ0) is 17.3. The summed E-state index contributed by atoms with van der Waals surface area (Å²) in [6.07, 6.45) is 0. The van der Waals surface area contributed by atoms with Crippen molar-refractivity contribution in [2.24, 2.45) is 0 Å². The first kappa shape index (κ1) is 17.1. The molecule has 0 N–H and O–H groups in total. The fraction of sp³-hybridized carbons (Fsp3) is 0.167. The van der Waals surface area contributed by atoms with E-state index < -0.39 is 5.63 Å². The van der Waals surface area contributed by atoms with Gasteiger partial charge >= 0.3 is 5.63 Å². The fourth-order valence-corrected chi connectivity index (χ4v) is 3.20. The van der Waals surface area contributed by atoms with Gasteiger partial charge in [-0.3, -0.25) is 4.90 Å². The van der Waals surface area contributed by atoms with E-state index in [4.69, 9.17) is 16.0 Å². The number of rotatable bonds is 4. The van der Waals surface area contributed by atoms with Gasteiger partial charge in [-0.05, 0) is 42.9 Å². The Morgan fingerprint density at radius 3 is 2.75 bits per heavy atom. The Kier molecular flexibility index (Phi) is 5.04. The summed E-state index contributed by atoms with van der Waals surface area (Å²) in [6, 6.07) is 11.6. The van der Waals surface area contributed by atoms with Crippen LogP contribution in [0.4, 0.5) is 4.39 Å². The average Bonchev–Trinajstić information content (AvgIpc) is 2.50. The van der Waals surface area contributed by atoms with E-state index in [0.29, 0.717) is 29.3 Å². The number of nitrogens with zero attached hydrogens (tertiary/aromatic N) is 1. The lowest BCUT2D eigenvalue weighted by Crippen LogP contribution is -2.19. The van der Waals surface area contributed by atoms with Crippen LogP contribution in [0.3, 0.4) is 0 Å². The molecular formula is C18H14BrClFNO2. The molecule has 0 aliphatic heterocycles. The van der Waals surface area contributed by atoms with Crippen molar-refractivity contribution in [3.8, 4) is 0 Å². The van der Waals surface area contributed by atoms with Gasteiger partial charge in [-0.15, -0.1) is 0 Å². The number of hydrogen-bond acceptors (Lipinski definition) is 3. The molecule has 1 heterocycles. The summed E-state index contributed by atoms with van der Waals surface area (Å²) in [5.74, 6) is -0.337. The first-order valence-corrected chi connectivity index (χ1v) is 8.45. The molecule has 0 saturated heterocycles. The average molecular weight is 411 g/mol. The predicted molar refractivity (Wildman–Crippen MR) is 96.8 cm³/mol. The third-order valence-corrected chi connectivity index (χ3v) is 4.57. The molecule has 0 aliphatic carbocycles. The number of halogens is 3. The highest BCUT2D eigenvalue weighted by Crippen LogP contribution is 2.24. The van der Waals surface area contributed by atoms with Crippen molar-refractivity contribution in [1.82, 2.24) is 4.90 Å². The maximum atomic E-state index is 13.9. The van der Waals surface area contributed by atoms with Crippen molar-refractivity contribution >= 4 is 38.5 Å². The monoisotopic (exact) mass is 409 g/mol. The van der Waals surface area contributed by atoms with Crippen LogP contribution in [0, 0.1) is 5.82 Å². The first-order valence-electron chi connectivity index (χ1n) is 7.28. The molecule has 0 unspecified atom stereocenters. The summed E-state index contributed by atoms with van der Waals surface area (Å²) < 4.78 is 20.0. The van der Waals surface area contributed by atoms with Crippen molar-refractivity contribution < 1.29 is 8.81 Å². The second-order valence-electron chi connectivity index (χ2n) is 5.60. The number of benzene rings is 2. The van der Waals surface area contributed by atoms with E-state index >= 15 is 0 Å². The summed E-state index contributed by atoms with van der Waals surface area (Å²) in [7, 11) is 1.85. The lowest BCUT2D eigenvalue weighted by atomic mass is 10.1. The molecule has 0 atom stereocenters. The minimum Gasteiger partial charge on any atom is -0.423 e. The van der Waals surface area contributed by atoms with E-state index in [1.165, 1.54) is 12.1 Å². The largest absolute Gasteiger partial charge is 0.423 e. The van der Waals surface area contributed by atoms with Crippen LogP contribution >= 0.6 is 27.5 Å². The highest BCUT2D eigenvalue weighted by Gasteiger charge is 2.13. The third kappa shape index (κ3) is 3.69. The maximum absolute atomic E-state index is 13.9. The summed E-state index contributed by atoms with van der Waals surface area (Å²) in [5, 5.41) is 1.24. The Morgan fingerprint density at radius 2 is 2.00 bits per heavy atom. The van der Waals surface area contributed by atoms with Crippen LogP contribution < -0.4 is 5.63 Å². The Labute approximate surface area is 151 Å². The lowest BCUT2D eigenvalue weighted by molar-refractivity contribution is 0.314. The van der Waals surface area contributed by atoms with E-state index in [2.05, 4.69) is 15.9 Å². The molecule has 124 valence electrons. The number of fused-ring (bicyclic) bond motifs is 1. The van der Waals surface area contributed by atoms with Crippen LogP contribution in [0.5, 0.6) is 0 Å². The molecule has 0 amide bonds. The normalized spacial score (nSPS) is 11.4. The minimum atomic E-state index is -0.409. The smallest absolute Gasteiger partial charge is 0.336 e. The van der Waals surface area contributed by atoms with Gasteiger partial charge in [0.2, 0.25) is 0 Å². The number of hydrogen-bond donors (Lipinski definition) is 0. The molecular weight excluding hydrogens is 397 g/mol. The van der Waals surface area contributed by atoms with E-state index in [-0.39, 0.29) is 5.82 Å². The molecule has 0 spiro atoms. The summed E-state index contributed by atoms with van der Waals surface area (Å²) >= 11 is 9.44. The van der Waals surface area contributed by atoms with E-state index in [9.17, 15) is 9.18 Å². The molecule has 0 saturated carbocycles. The first-order chi connectivity index (χ1) is 11.4. The molecule has 2 aromatic carbocycles. The maximum Gasteiger partial charge on any atom is 0.336 e.